The van der Waals surface area contributed by atoms with Crippen LogP contribution in [-0.2, 0) is 10.0 Å². The van der Waals surface area contributed by atoms with Gasteiger partial charge < -0.3 is 14.8 Å². The van der Waals surface area contributed by atoms with Crippen molar-refractivity contribution < 1.29 is 17.9 Å². The second-order valence-electron chi connectivity index (χ2n) is 6.18. The fourth-order valence-electron chi connectivity index (χ4n) is 3.75. The van der Waals surface area contributed by atoms with Gasteiger partial charge in [-0.05, 0) is 44.4 Å². The van der Waals surface area contributed by atoms with Gasteiger partial charge in [-0.1, -0.05) is 0 Å². The molecule has 1 aromatic rings. The van der Waals surface area contributed by atoms with Gasteiger partial charge in [-0.2, -0.15) is 4.31 Å². The van der Waals surface area contributed by atoms with E-state index in [0.717, 1.165) is 32.4 Å². The Bertz CT molecular complexity index is 690. The molecule has 0 radical (unpaired) electrons. The third-order valence-electron chi connectivity index (χ3n) is 4.81. The molecule has 0 aromatic heterocycles. The standard InChI is InChI=1S/C15H20N2O4S/c1-10-6-13-14(21-9-20-13)7-15(10)22(18,19)17-11-2-3-12(17)8-16-5-4-11/h6-7,11-12,16H,2-5,8-9H2,1H3. The van der Waals surface area contributed by atoms with Crippen molar-refractivity contribution in [3.63, 3.8) is 0 Å². The molecular formula is C15H20N2O4S. The van der Waals surface area contributed by atoms with Crippen LogP contribution in [0.5, 0.6) is 11.5 Å². The average molecular weight is 324 g/mol. The number of hydrogen-bond donors (Lipinski definition) is 1. The SMILES string of the molecule is Cc1cc2c(cc1S(=O)(=O)N1C3CCNCC1CC3)OCO2. The number of ether oxygens (including phenoxy) is 2. The first kappa shape index (κ1) is 14.3. The van der Waals surface area contributed by atoms with Crippen molar-refractivity contribution >= 4 is 10.0 Å². The lowest BCUT2D eigenvalue weighted by molar-refractivity contribution is 0.174. The number of benzene rings is 1. The summed E-state index contributed by atoms with van der Waals surface area (Å²) in [5, 5.41) is 3.34. The number of sulfonamides is 1. The highest BCUT2D eigenvalue weighted by Gasteiger charge is 2.43. The first-order valence-electron chi connectivity index (χ1n) is 7.72. The molecule has 22 heavy (non-hydrogen) atoms. The molecule has 2 atom stereocenters. The summed E-state index contributed by atoms with van der Waals surface area (Å²) in [4.78, 5) is 0.343. The van der Waals surface area contributed by atoms with Crippen molar-refractivity contribution in [2.45, 2.75) is 43.2 Å². The van der Waals surface area contributed by atoms with Crippen LogP contribution in [0.4, 0.5) is 0 Å². The van der Waals surface area contributed by atoms with E-state index in [1.807, 2.05) is 6.92 Å². The Morgan fingerprint density at radius 3 is 2.68 bits per heavy atom. The van der Waals surface area contributed by atoms with Crippen molar-refractivity contribution in [3.05, 3.63) is 17.7 Å². The zero-order valence-corrected chi connectivity index (χ0v) is 13.4. The van der Waals surface area contributed by atoms with Crippen LogP contribution in [-0.4, -0.2) is 44.7 Å². The van der Waals surface area contributed by atoms with Crippen LogP contribution in [0.25, 0.3) is 0 Å². The van der Waals surface area contributed by atoms with E-state index in [2.05, 4.69) is 5.32 Å². The van der Waals surface area contributed by atoms with Gasteiger partial charge in [-0.25, -0.2) is 8.42 Å². The highest BCUT2D eigenvalue weighted by molar-refractivity contribution is 7.89. The molecule has 0 aliphatic carbocycles. The topological polar surface area (TPSA) is 67.9 Å². The van der Waals surface area contributed by atoms with E-state index < -0.39 is 10.0 Å². The predicted octanol–water partition coefficient (Wildman–Crippen LogP) is 1.24. The lowest BCUT2D eigenvalue weighted by atomic mass is 10.1. The Hall–Kier alpha value is -1.31. The minimum Gasteiger partial charge on any atom is -0.454 e. The highest BCUT2D eigenvalue weighted by Crippen LogP contribution is 2.40. The highest BCUT2D eigenvalue weighted by atomic mass is 32.2. The molecule has 120 valence electrons. The number of fused-ring (bicyclic) bond motifs is 3. The molecule has 1 aromatic carbocycles. The maximum absolute atomic E-state index is 13.2. The Labute approximate surface area is 130 Å². The van der Waals surface area contributed by atoms with Crippen LogP contribution < -0.4 is 14.8 Å². The molecule has 0 saturated carbocycles. The zero-order chi connectivity index (χ0) is 15.3. The molecule has 0 amide bonds. The Kier molecular flexibility index (Phi) is 3.32. The van der Waals surface area contributed by atoms with Gasteiger partial charge in [0.2, 0.25) is 16.8 Å². The fraction of sp³-hybridized carbons (Fsp3) is 0.600. The molecule has 6 nitrogen and oxygen atoms in total. The first-order chi connectivity index (χ1) is 10.6. The van der Waals surface area contributed by atoms with Crippen molar-refractivity contribution in [2.75, 3.05) is 19.9 Å². The molecule has 2 bridgehead atoms. The van der Waals surface area contributed by atoms with Crippen molar-refractivity contribution in [2.24, 2.45) is 0 Å². The van der Waals surface area contributed by atoms with Gasteiger partial charge in [-0.15, -0.1) is 0 Å². The maximum atomic E-state index is 13.2. The summed E-state index contributed by atoms with van der Waals surface area (Å²) in [6.45, 7) is 3.58. The fourth-order valence-corrected chi connectivity index (χ4v) is 5.87. The normalized spacial score (nSPS) is 27.9. The lowest BCUT2D eigenvalue weighted by Gasteiger charge is -2.27. The van der Waals surface area contributed by atoms with E-state index in [1.54, 1.807) is 16.4 Å². The number of nitrogens with zero attached hydrogens (tertiary/aromatic N) is 1. The van der Waals surface area contributed by atoms with E-state index in [4.69, 9.17) is 9.47 Å². The van der Waals surface area contributed by atoms with Gasteiger partial charge in [0.05, 0.1) is 4.90 Å². The van der Waals surface area contributed by atoms with E-state index in [0.29, 0.717) is 22.0 Å². The lowest BCUT2D eigenvalue weighted by Crippen LogP contribution is -2.42. The third-order valence-corrected chi connectivity index (χ3v) is 6.96. The van der Waals surface area contributed by atoms with Crippen LogP contribution in [0.2, 0.25) is 0 Å². The zero-order valence-electron chi connectivity index (χ0n) is 12.5. The van der Waals surface area contributed by atoms with Gasteiger partial charge in [0.1, 0.15) is 0 Å². The van der Waals surface area contributed by atoms with Crippen LogP contribution in [0.15, 0.2) is 17.0 Å². The van der Waals surface area contributed by atoms with Crippen LogP contribution >= 0.6 is 0 Å². The summed E-state index contributed by atoms with van der Waals surface area (Å²) >= 11 is 0. The molecule has 7 heteroatoms. The summed E-state index contributed by atoms with van der Waals surface area (Å²) in [5.74, 6) is 1.14. The smallest absolute Gasteiger partial charge is 0.244 e. The second kappa shape index (κ2) is 5.11. The molecule has 3 aliphatic rings. The molecule has 2 fully saturated rings. The first-order valence-corrected chi connectivity index (χ1v) is 9.16. The van der Waals surface area contributed by atoms with Gasteiger partial charge in [-0.3, -0.25) is 0 Å². The molecule has 3 aliphatic heterocycles. The van der Waals surface area contributed by atoms with E-state index in [9.17, 15) is 8.42 Å². The molecular weight excluding hydrogens is 304 g/mol. The summed E-state index contributed by atoms with van der Waals surface area (Å²) in [5.41, 5.74) is 0.709. The molecule has 1 N–H and O–H groups in total. The molecule has 4 rings (SSSR count). The summed E-state index contributed by atoms with van der Waals surface area (Å²) < 4.78 is 38.9. The van der Waals surface area contributed by atoms with Crippen molar-refractivity contribution in [1.29, 1.82) is 0 Å². The molecule has 3 heterocycles. The number of hydrogen-bond acceptors (Lipinski definition) is 5. The quantitative estimate of drug-likeness (QED) is 0.886. The van der Waals surface area contributed by atoms with Crippen molar-refractivity contribution in [1.82, 2.24) is 9.62 Å². The predicted molar refractivity (Wildman–Crippen MR) is 80.6 cm³/mol. The van der Waals surface area contributed by atoms with Gasteiger partial charge in [0.25, 0.3) is 0 Å². The Morgan fingerprint density at radius 1 is 1.14 bits per heavy atom. The molecule has 2 saturated heterocycles. The van der Waals surface area contributed by atoms with Gasteiger partial charge >= 0.3 is 0 Å². The largest absolute Gasteiger partial charge is 0.454 e. The number of nitrogens with one attached hydrogen (secondary N) is 1. The summed E-state index contributed by atoms with van der Waals surface area (Å²) in [7, 11) is -3.52. The van der Waals surface area contributed by atoms with E-state index >= 15 is 0 Å². The molecule has 2 unspecified atom stereocenters. The maximum Gasteiger partial charge on any atom is 0.244 e. The molecule has 0 spiro atoms. The Morgan fingerprint density at radius 2 is 1.86 bits per heavy atom. The van der Waals surface area contributed by atoms with E-state index in [1.165, 1.54) is 0 Å². The number of rotatable bonds is 2. The van der Waals surface area contributed by atoms with Gasteiger partial charge in [0.15, 0.2) is 11.5 Å². The average Bonchev–Trinajstić information content (AvgIpc) is 3.00. The van der Waals surface area contributed by atoms with Crippen molar-refractivity contribution in [3.8, 4) is 11.5 Å². The van der Waals surface area contributed by atoms with Crippen LogP contribution in [0.3, 0.4) is 0 Å². The Balaban J connectivity index is 1.78. The number of aryl methyl sites for hydroxylation is 1. The third kappa shape index (κ3) is 2.11. The van der Waals surface area contributed by atoms with E-state index in [-0.39, 0.29) is 18.9 Å². The monoisotopic (exact) mass is 324 g/mol. The van der Waals surface area contributed by atoms with Gasteiger partial charge in [0, 0.05) is 24.7 Å². The summed E-state index contributed by atoms with van der Waals surface area (Å²) in [6.07, 6.45) is 2.76. The summed E-state index contributed by atoms with van der Waals surface area (Å²) in [6, 6.07) is 3.54. The van der Waals surface area contributed by atoms with Crippen LogP contribution in [0, 0.1) is 6.92 Å². The minimum atomic E-state index is -3.52. The second-order valence-corrected chi connectivity index (χ2v) is 8.00. The minimum absolute atomic E-state index is 0.0577. The van der Waals surface area contributed by atoms with Crippen LogP contribution in [0.1, 0.15) is 24.8 Å².